The van der Waals surface area contributed by atoms with Gasteiger partial charge in [0.2, 0.25) is 0 Å². The van der Waals surface area contributed by atoms with Gasteiger partial charge < -0.3 is 9.15 Å². The lowest BCUT2D eigenvalue weighted by Gasteiger charge is -2.10. The molecule has 0 saturated heterocycles. The number of para-hydroxylation sites is 1. The van der Waals surface area contributed by atoms with Gasteiger partial charge >= 0.3 is 5.97 Å². The topological polar surface area (TPSA) is 72.1 Å². The average Bonchev–Trinajstić information content (AvgIpc) is 3.38. The monoisotopic (exact) mass is 448 g/mol. The number of benzene rings is 2. The molecule has 1 aliphatic heterocycles. The maximum absolute atomic E-state index is 12.9. The number of amides is 1. The summed E-state index contributed by atoms with van der Waals surface area (Å²) in [6.07, 6.45) is 2.39. The Bertz CT molecular complexity index is 1230. The lowest BCUT2D eigenvalue weighted by atomic mass is 10.1. The molecule has 32 heavy (non-hydrogen) atoms. The van der Waals surface area contributed by atoms with Crippen molar-refractivity contribution in [1.29, 1.82) is 0 Å². The zero-order valence-corrected chi connectivity index (χ0v) is 18.4. The molecule has 0 unspecified atom stereocenters. The van der Waals surface area contributed by atoms with Gasteiger partial charge in [-0.2, -0.15) is 10.1 Å². The van der Waals surface area contributed by atoms with Crippen molar-refractivity contribution < 1.29 is 18.7 Å². The van der Waals surface area contributed by atoms with Crippen molar-refractivity contribution in [2.75, 3.05) is 11.6 Å². The predicted molar refractivity (Wildman–Crippen MR) is 125 cm³/mol. The molecule has 4 rings (SSSR count). The molecule has 1 aliphatic rings. The third-order valence-electron chi connectivity index (χ3n) is 4.88. The predicted octanol–water partition coefficient (Wildman–Crippen LogP) is 5.97. The van der Waals surface area contributed by atoms with Crippen molar-refractivity contribution in [2.45, 2.75) is 20.3 Å². The number of ether oxygens (including phenoxy) is 1. The molecule has 1 amide bonds. The number of hydrogen-bond donors (Lipinski definition) is 0. The standard InChI is InChI=1S/C25H21ClN2O4/c1-3-13-31-25(30)21-14-17(9-11-22(21)26)23-12-10-19(32-23)15-20-16(2)27-28(24(20)29)18-7-5-4-6-8-18/h4-12,14-15H,3,13H2,1-2H3/b20-15-. The maximum Gasteiger partial charge on any atom is 0.339 e. The smallest absolute Gasteiger partial charge is 0.339 e. The van der Waals surface area contributed by atoms with E-state index in [2.05, 4.69) is 5.10 Å². The molecule has 162 valence electrons. The quantitative estimate of drug-likeness (QED) is 0.344. The first kappa shape index (κ1) is 21.6. The Morgan fingerprint density at radius 3 is 2.69 bits per heavy atom. The van der Waals surface area contributed by atoms with Crippen molar-refractivity contribution in [3.63, 3.8) is 0 Å². The molecule has 0 atom stereocenters. The average molecular weight is 449 g/mol. The first-order chi connectivity index (χ1) is 15.5. The first-order valence-electron chi connectivity index (χ1n) is 10.2. The Morgan fingerprint density at radius 1 is 1.16 bits per heavy atom. The fourth-order valence-electron chi connectivity index (χ4n) is 3.26. The summed E-state index contributed by atoms with van der Waals surface area (Å²) in [5.41, 5.74) is 2.71. The van der Waals surface area contributed by atoms with Crippen LogP contribution in [0.25, 0.3) is 17.4 Å². The van der Waals surface area contributed by atoms with Crippen molar-refractivity contribution in [3.8, 4) is 11.3 Å². The lowest BCUT2D eigenvalue weighted by Crippen LogP contribution is -2.21. The summed E-state index contributed by atoms with van der Waals surface area (Å²) in [5.74, 6) is 0.340. The highest BCUT2D eigenvalue weighted by molar-refractivity contribution is 6.33. The minimum absolute atomic E-state index is 0.223. The van der Waals surface area contributed by atoms with E-state index < -0.39 is 5.97 Å². The molecule has 2 aromatic carbocycles. The zero-order valence-electron chi connectivity index (χ0n) is 17.7. The van der Waals surface area contributed by atoms with Gasteiger partial charge in [-0.05, 0) is 61.9 Å². The second-order valence-electron chi connectivity index (χ2n) is 7.23. The van der Waals surface area contributed by atoms with Gasteiger partial charge in [0.1, 0.15) is 11.5 Å². The van der Waals surface area contributed by atoms with Crippen LogP contribution in [0.1, 0.15) is 36.4 Å². The van der Waals surface area contributed by atoms with E-state index in [0.717, 1.165) is 6.42 Å². The number of hydrazone groups is 1. The molecule has 0 aliphatic carbocycles. The maximum atomic E-state index is 12.9. The van der Waals surface area contributed by atoms with Gasteiger partial charge in [0, 0.05) is 5.56 Å². The summed E-state index contributed by atoms with van der Waals surface area (Å²) in [6, 6.07) is 17.8. The van der Waals surface area contributed by atoms with Crippen LogP contribution in [-0.4, -0.2) is 24.2 Å². The second kappa shape index (κ2) is 9.24. The Kier molecular flexibility index (Phi) is 6.23. The van der Waals surface area contributed by atoms with Crippen LogP contribution in [0.3, 0.4) is 0 Å². The van der Waals surface area contributed by atoms with Gasteiger partial charge in [-0.1, -0.05) is 36.7 Å². The lowest BCUT2D eigenvalue weighted by molar-refractivity contribution is -0.114. The molecular formula is C25H21ClN2O4. The highest BCUT2D eigenvalue weighted by Gasteiger charge is 2.29. The molecule has 0 bridgehead atoms. The van der Waals surface area contributed by atoms with Gasteiger partial charge in [-0.25, -0.2) is 4.79 Å². The summed E-state index contributed by atoms with van der Waals surface area (Å²) in [5, 5.41) is 6.06. The van der Waals surface area contributed by atoms with Crippen LogP contribution in [0.2, 0.25) is 5.02 Å². The van der Waals surface area contributed by atoms with E-state index in [4.69, 9.17) is 20.8 Å². The third kappa shape index (κ3) is 4.36. The molecule has 6 nitrogen and oxygen atoms in total. The zero-order chi connectivity index (χ0) is 22.7. The number of rotatable bonds is 6. The number of carbonyl (C=O) groups excluding carboxylic acids is 2. The fourth-order valence-corrected chi connectivity index (χ4v) is 3.46. The van der Waals surface area contributed by atoms with Crippen LogP contribution in [0.15, 0.2) is 75.8 Å². The molecule has 0 fully saturated rings. The number of carbonyl (C=O) groups is 2. The normalized spacial score (nSPS) is 14.7. The van der Waals surface area contributed by atoms with Crippen molar-refractivity contribution >= 4 is 41.0 Å². The van der Waals surface area contributed by atoms with Gasteiger partial charge in [0.15, 0.2) is 0 Å². The SMILES string of the molecule is CCCOC(=O)c1cc(-c2ccc(/C=C3\C(=O)N(c4ccccc4)N=C3C)o2)ccc1Cl. The molecule has 0 spiro atoms. The van der Waals surface area contributed by atoms with Gasteiger partial charge in [0.05, 0.1) is 34.2 Å². The molecule has 0 N–H and O–H groups in total. The minimum Gasteiger partial charge on any atom is -0.462 e. The van der Waals surface area contributed by atoms with E-state index in [9.17, 15) is 9.59 Å². The van der Waals surface area contributed by atoms with Crippen LogP contribution in [-0.2, 0) is 9.53 Å². The number of halogens is 1. The molecule has 7 heteroatoms. The van der Waals surface area contributed by atoms with Crippen LogP contribution in [0.4, 0.5) is 5.69 Å². The number of nitrogens with zero attached hydrogens (tertiary/aromatic N) is 2. The number of hydrogen-bond acceptors (Lipinski definition) is 5. The first-order valence-corrected chi connectivity index (χ1v) is 10.6. The van der Waals surface area contributed by atoms with Gasteiger partial charge in [-0.15, -0.1) is 0 Å². The number of esters is 1. The van der Waals surface area contributed by atoms with E-state index in [1.165, 1.54) is 5.01 Å². The molecular weight excluding hydrogens is 428 g/mol. The van der Waals surface area contributed by atoms with E-state index in [-0.39, 0.29) is 11.5 Å². The second-order valence-corrected chi connectivity index (χ2v) is 7.64. The summed E-state index contributed by atoms with van der Waals surface area (Å²) < 4.78 is 11.1. The van der Waals surface area contributed by atoms with Crippen LogP contribution in [0.5, 0.6) is 0 Å². The van der Waals surface area contributed by atoms with Gasteiger partial charge in [-0.3, -0.25) is 4.79 Å². The van der Waals surface area contributed by atoms with Crippen LogP contribution >= 0.6 is 11.6 Å². The molecule has 0 radical (unpaired) electrons. The van der Waals surface area contributed by atoms with Gasteiger partial charge in [0.25, 0.3) is 5.91 Å². The van der Waals surface area contributed by atoms with Crippen molar-refractivity contribution in [3.05, 3.63) is 82.6 Å². The summed E-state index contributed by atoms with van der Waals surface area (Å²) in [7, 11) is 0. The Hall–Kier alpha value is -3.64. The van der Waals surface area contributed by atoms with E-state index in [0.29, 0.717) is 45.7 Å². The van der Waals surface area contributed by atoms with Crippen molar-refractivity contribution in [2.24, 2.45) is 5.10 Å². The Labute approximate surface area is 190 Å². The Balaban J connectivity index is 1.58. The molecule has 1 aromatic heterocycles. The highest BCUT2D eigenvalue weighted by atomic mass is 35.5. The summed E-state index contributed by atoms with van der Waals surface area (Å²) in [4.78, 5) is 25.1. The number of anilines is 1. The molecule has 0 saturated carbocycles. The Morgan fingerprint density at radius 2 is 1.94 bits per heavy atom. The largest absolute Gasteiger partial charge is 0.462 e. The molecule has 3 aromatic rings. The third-order valence-corrected chi connectivity index (χ3v) is 5.21. The highest BCUT2D eigenvalue weighted by Crippen LogP contribution is 2.29. The summed E-state index contributed by atoms with van der Waals surface area (Å²) >= 11 is 6.18. The molecule has 2 heterocycles. The minimum atomic E-state index is -0.475. The fraction of sp³-hybridized carbons (Fsp3) is 0.160. The van der Waals surface area contributed by atoms with Crippen LogP contribution in [0, 0.1) is 0 Å². The van der Waals surface area contributed by atoms with E-state index in [1.54, 1.807) is 43.3 Å². The summed E-state index contributed by atoms with van der Waals surface area (Å²) in [6.45, 7) is 4.03. The van der Waals surface area contributed by atoms with Crippen LogP contribution < -0.4 is 5.01 Å². The number of furan rings is 1. The van der Waals surface area contributed by atoms with Crippen molar-refractivity contribution in [1.82, 2.24) is 0 Å². The van der Waals surface area contributed by atoms with E-state index in [1.807, 2.05) is 37.3 Å². The van der Waals surface area contributed by atoms with E-state index >= 15 is 0 Å².